The average Bonchev–Trinajstić information content (AvgIpc) is 2.98. The van der Waals surface area contributed by atoms with E-state index in [4.69, 9.17) is 14.2 Å². The smallest absolute Gasteiger partial charge is 0.339 e. The summed E-state index contributed by atoms with van der Waals surface area (Å²) in [6.07, 6.45) is 12.8. The van der Waals surface area contributed by atoms with Crippen LogP contribution in [0.4, 0.5) is 0 Å². The third-order valence-electron chi connectivity index (χ3n) is 10.0. The van der Waals surface area contributed by atoms with Gasteiger partial charge < -0.3 is 24.4 Å². The van der Waals surface area contributed by atoms with Gasteiger partial charge in [-0.3, -0.25) is 4.79 Å². The molecule has 7 heteroatoms. The number of hydrogen-bond donors (Lipinski definition) is 2. The highest BCUT2D eigenvalue weighted by Crippen LogP contribution is 2.45. The number of ketones is 1. The number of aliphatic hydroxyl groups is 1. The summed E-state index contributed by atoms with van der Waals surface area (Å²) < 4.78 is 19.7. The molecule has 0 amide bonds. The molecule has 1 aliphatic carbocycles. The van der Waals surface area contributed by atoms with Crippen LogP contribution in [0.1, 0.15) is 107 Å². The van der Waals surface area contributed by atoms with Crippen LogP contribution in [0.2, 0.25) is 0 Å². The van der Waals surface area contributed by atoms with E-state index >= 15 is 0 Å². The molecular weight excluding hydrogens is 544 g/mol. The molecule has 1 spiro atoms. The first-order valence-electron chi connectivity index (χ1n) is 16.1. The molecule has 3 fully saturated rings. The summed E-state index contributed by atoms with van der Waals surface area (Å²) in [5.41, 5.74) is 3.16. The fourth-order valence-electron chi connectivity index (χ4n) is 7.35. The normalized spacial score (nSPS) is 34.7. The van der Waals surface area contributed by atoms with Crippen molar-refractivity contribution < 1.29 is 34.0 Å². The summed E-state index contributed by atoms with van der Waals surface area (Å²) in [6.45, 7) is 9.49. The molecule has 7 unspecified atom stereocenters. The van der Waals surface area contributed by atoms with Crippen LogP contribution in [0.5, 0.6) is 5.75 Å². The first-order valence-corrected chi connectivity index (χ1v) is 16.1. The standard InChI is InChI=1S/C36H48O7/c1-21-10-9-11-22(2)33(39)23(3)14-15-27-17-28(41-35(40)30-16-24(4)31(37)18-29(21)30)19-36(42-27)20-32(38)25(5)34(43-36)26-12-7-6-8-13-26/h9-11,14,16,18,22,25-28,33-34,37,39H,6-8,12-13,15,17,19-20H2,1-5H3. The minimum absolute atomic E-state index is 0.101. The summed E-state index contributed by atoms with van der Waals surface area (Å²) >= 11 is 0. The molecule has 1 aromatic carbocycles. The fraction of sp³-hybridized carbons (Fsp3) is 0.611. The molecule has 0 aromatic heterocycles. The van der Waals surface area contributed by atoms with Crippen LogP contribution in [-0.4, -0.2) is 52.2 Å². The molecule has 5 rings (SSSR count). The summed E-state index contributed by atoms with van der Waals surface area (Å²) in [5.74, 6) is -1.44. The van der Waals surface area contributed by atoms with Gasteiger partial charge in [-0.2, -0.15) is 0 Å². The Kier molecular flexibility index (Phi) is 9.64. The van der Waals surface area contributed by atoms with Crippen LogP contribution >= 0.6 is 0 Å². The Morgan fingerprint density at radius 2 is 1.70 bits per heavy atom. The highest BCUT2D eigenvalue weighted by molar-refractivity contribution is 5.96. The number of Topliss-reactive ketones (excluding diaryl/α,β-unsaturated/α-hetero) is 1. The molecule has 2 N–H and O–H groups in total. The number of ether oxygens (including phenoxy) is 3. The number of carbonyl (C=O) groups is 2. The van der Waals surface area contributed by atoms with E-state index in [-0.39, 0.29) is 48.4 Å². The summed E-state index contributed by atoms with van der Waals surface area (Å²) in [5, 5.41) is 21.5. The van der Waals surface area contributed by atoms with Crippen molar-refractivity contribution in [2.45, 2.75) is 123 Å². The van der Waals surface area contributed by atoms with Crippen LogP contribution < -0.4 is 0 Å². The minimum Gasteiger partial charge on any atom is -0.508 e. The van der Waals surface area contributed by atoms with Crippen LogP contribution in [0.3, 0.4) is 0 Å². The van der Waals surface area contributed by atoms with Gasteiger partial charge in [0.2, 0.25) is 0 Å². The van der Waals surface area contributed by atoms with Gasteiger partial charge in [0.05, 0.1) is 30.3 Å². The summed E-state index contributed by atoms with van der Waals surface area (Å²) in [6, 6.07) is 3.27. The Balaban J connectivity index is 1.52. The zero-order valence-electron chi connectivity index (χ0n) is 26.3. The first-order chi connectivity index (χ1) is 20.5. The van der Waals surface area contributed by atoms with Crippen molar-refractivity contribution in [1.29, 1.82) is 0 Å². The predicted octanol–water partition coefficient (Wildman–Crippen LogP) is 6.98. The number of aryl methyl sites for hydroxylation is 1. The Morgan fingerprint density at radius 3 is 2.44 bits per heavy atom. The maximum absolute atomic E-state index is 13.8. The van der Waals surface area contributed by atoms with E-state index in [0.29, 0.717) is 35.4 Å². The monoisotopic (exact) mass is 592 g/mol. The lowest BCUT2D eigenvalue weighted by Gasteiger charge is -2.50. The van der Waals surface area contributed by atoms with Gasteiger partial charge in [-0.1, -0.05) is 57.4 Å². The lowest BCUT2D eigenvalue weighted by Crippen LogP contribution is -2.58. The lowest BCUT2D eigenvalue weighted by atomic mass is 9.76. The fourth-order valence-corrected chi connectivity index (χ4v) is 7.35. The van der Waals surface area contributed by atoms with Gasteiger partial charge in [0.15, 0.2) is 5.79 Å². The molecule has 0 radical (unpaired) electrons. The number of allylic oxidation sites excluding steroid dienone is 3. The zero-order valence-corrected chi connectivity index (χ0v) is 26.3. The molecule has 1 saturated carbocycles. The quantitative estimate of drug-likeness (QED) is 0.268. The van der Waals surface area contributed by atoms with Crippen molar-refractivity contribution in [3.05, 3.63) is 58.7 Å². The molecular formula is C36H48O7. The molecule has 1 aromatic rings. The highest BCUT2D eigenvalue weighted by atomic mass is 16.7. The van der Waals surface area contributed by atoms with E-state index < -0.39 is 24.0 Å². The van der Waals surface area contributed by atoms with Gasteiger partial charge in [-0.05, 0) is 80.4 Å². The Hall–Kier alpha value is -2.74. The molecule has 3 aliphatic heterocycles. The van der Waals surface area contributed by atoms with E-state index in [1.807, 2.05) is 52.0 Å². The van der Waals surface area contributed by atoms with Crippen molar-refractivity contribution in [2.24, 2.45) is 17.8 Å². The van der Waals surface area contributed by atoms with Gasteiger partial charge in [-0.25, -0.2) is 4.79 Å². The number of phenolic OH excluding ortho intramolecular Hbond substituents is 1. The minimum atomic E-state index is -1.16. The zero-order chi connectivity index (χ0) is 30.9. The van der Waals surface area contributed by atoms with Crippen molar-refractivity contribution >= 4 is 17.3 Å². The number of benzene rings is 1. The number of phenols is 1. The summed E-state index contributed by atoms with van der Waals surface area (Å²) in [7, 11) is 0. The van der Waals surface area contributed by atoms with Crippen molar-refractivity contribution in [2.75, 3.05) is 0 Å². The van der Waals surface area contributed by atoms with Gasteiger partial charge in [0.25, 0.3) is 0 Å². The number of hydrogen-bond acceptors (Lipinski definition) is 7. The van der Waals surface area contributed by atoms with E-state index in [1.54, 1.807) is 19.1 Å². The number of aliphatic hydroxyl groups excluding tert-OH is 1. The van der Waals surface area contributed by atoms with Crippen molar-refractivity contribution in [1.82, 2.24) is 0 Å². The van der Waals surface area contributed by atoms with E-state index in [1.165, 1.54) is 6.42 Å². The number of rotatable bonds is 1. The van der Waals surface area contributed by atoms with Crippen LogP contribution in [0, 0.1) is 24.7 Å². The van der Waals surface area contributed by atoms with Crippen LogP contribution in [-0.2, 0) is 19.0 Å². The van der Waals surface area contributed by atoms with Crippen molar-refractivity contribution in [3.8, 4) is 5.75 Å². The predicted molar refractivity (Wildman–Crippen MR) is 165 cm³/mol. The van der Waals surface area contributed by atoms with Gasteiger partial charge in [0.1, 0.15) is 17.6 Å². The van der Waals surface area contributed by atoms with Gasteiger partial charge in [0, 0.05) is 24.7 Å². The molecule has 2 saturated heterocycles. The van der Waals surface area contributed by atoms with Crippen LogP contribution in [0.25, 0.3) is 5.57 Å². The highest BCUT2D eigenvalue weighted by Gasteiger charge is 2.53. The number of fused-ring (bicyclic) bond motifs is 3. The third-order valence-corrected chi connectivity index (χ3v) is 10.0. The average molecular weight is 593 g/mol. The SMILES string of the molecule is CC1=CC=CC(C)C(O)C(C)=CCC2CC(CC3(CC(=O)C(C)C(C4CCCCC4)O3)O2)OC(=O)c2cc(C)c(O)cc21. The van der Waals surface area contributed by atoms with Gasteiger partial charge in [-0.15, -0.1) is 0 Å². The molecule has 3 heterocycles. The molecule has 7 nitrogen and oxygen atoms in total. The Labute approximate surface area is 256 Å². The topological polar surface area (TPSA) is 102 Å². The van der Waals surface area contributed by atoms with E-state index in [2.05, 4.69) is 0 Å². The molecule has 7 atom stereocenters. The second-order valence-electron chi connectivity index (χ2n) is 13.4. The number of aromatic hydroxyl groups is 1. The van der Waals surface area contributed by atoms with E-state index in [0.717, 1.165) is 36.8 Å². The number of esters is 1. The molecule has 234 valence electrons. The summed E-state index contributed by atoms with van der Waals surface area (Å²) in [4.78, 5) is 27.3. The first kappa shape index (κ1) is 31.7. The Bertz CT molecular complexity index is 1300. The number of carbonyl (C=O) groups excluding carboxylic acids is 2. The van der Waals surface area contributed by atoms with Gasteiger partial charge >= 0.3 is 5.97 Å². The van der Waals surface area contributed by atoms with E-state index in [9.17, 15) is 19.8 Å². The van der Waals surface area contributed by atoms with Crippen molar-refractivity contribution in [3.63, 3.8) is 0 Å². The maximum Gasteiger partial charge on any atom is 0.339 e. The lowest BCUT2D eigenvalue weighted by molar-refractivity contribution is -0.330. The largest absolute Gasteiger partial charge is 0.508 e. The third kappa shape index (κ3) is 7.00. The van der Waals surface area contributed by atoms with Crippen LogP contribution in [0.15, 0.2) is 42.0 Å². The second-order valence-corrected chi connectivity index (χ2v) is 13.4. The second kappa shape index (κ2) is 13.1. The molecule has 43 heavy (non-hydrogen) atoms. The molecule has 4 aliphatic rings. The molecule has 2 bridgehead atoms. The maximum atomic E-state index is 13.8. The Morgan fingerprint density at radius 1 is 0.953 bits per heavy atom.